The van der Waals surface area contributed by atoms with E-state index in [9.17, 15) is 18.0 Å². The second kappa shape index (κ2) is 9.56. The lowest BCUT2D eigenvalue weighted by Crippen LogP contribution is -2.42. The number of amides is 2. The fraction of sp³-hybridized carbons (Fsp3) is 0.556. The van der Waals surface area contributed by atoms with Crippen LogP contribution in [0.15, 0.2) is 24.3 Å². The number of nitrogens with zero attached hydrogens (tertiary/aromatic N) is 1. The Morgan fingerprint density at radius 3 is 2.40 bits per heavy atom. The minimum atomic E-state index is -3.47. The number of carbonyl (C=O) groups excluding carboxylic acids is 2. The minimum absolute atomic E-state index is 0.0336. The van der Waals surface area contributed by atoms with E-state index in [-0.39, 0.29) is 24.1 Å². The van der Waals surface area contributed by atoms with Crippen LogP contribution < -0.4 is 5.32 Å². The molecule has 1 aromatic carbocycles. The third-order valence-corrected chi connectivity index (χ3v) is 5.39. The lowest BCUT2D eigenvalue weighted by molar-refractivity contribution is -0.132. The van der Waals surface area contributed by atoms with E-state index in [1.807, 2.05) is 32.0 Å². The number of carbonyl (C=O) groups is 2. The van der Waals surface area contributed by atoms with Gasteiger partial charge >= 0.3 is 0 Å². The maximum Gasteiger partial charge on any atom is 0.244 e. The second-order valence-electron chi connectivity index (χ2n) is 6.63. The van der Waals surface area contributed by atoms with Crippen molar-refractivity contribution in [1.82, 2.24) is 4.90 Å². The molecule has 140 valence electrons. The molecule has 0 fully saturated rings. The van der Waals surface area contributed by atoms with Crippen molar-refractivity contribution < 1.29 is 18.0 Å². The molecule has 0 aliphatic carbocycles. The molecule has 7 heteroatoms. The van der Waals surface area contributed by atoms with Gasteiger partial charge in [-0.15, -0.1) is 0 Å². The van der Waals surface area contributed by atoms with Crippen molar-refractivity contribution in [2.24, 2.45) is 5.92 Å². The molecule has 0 unspecified atom stereocenters. The number of hydrogen-bond acceptors (Lipinski definition) is 4. The van der Waals surface area contributed by atoms with Crippen LogP contribution in [0.1, 0.15) is 32.8 Å². The van der Waals surface area contributed by atoms with Crippen LogP contribution in [0.25, 0.3) is 0 Å². The first-order chi connectivity index (χ1) is 11.6. The summed E-state index contributed by atoms with van der Waals surface area (Å²) in [5.41, 5.74) is 1.60. The number of benzene rings is 1. The summed E-state index contributed by atoms with van der Waals surface area (Å²) in [6.07, 6.45) is 0.646. The first-order valence-electron chi connectivity index (χ1n) is 8.48. The standard InChI is InChI=1S/C18H28N2O4S/c1-5-10-20(18(22)13-25(23,24)12-14(2)3)11-17(21)19-16-9-7-6-8-15(16)4/h6-9,14H,5,10-13H2,1-4H3,(H,19,21). The van der Waals surface area contributed by atoms with Crippen LogP contribution in [0.2, 0.25) is 0 Å². The van der Waals surface area contributed by atoms with Crippen LogP contribution in [0, 0.1) is 12.8 Å². The fourth-order valence-electron chi connectivity index (χ4n) is 2.48. The van der Waals surface area contributed by atoms with E-state index in [0.717, 1.165) is 5.56 Å². The lowest BCUT2D eigenvalue weighted by atomic mass is 10.2. The van der Waals surface area contributed by atoms with Gasteiger partial charge in [0, 0.05) is 12.2 Å². The molecule has 0 atom stereocenters. The predicted octanol–water partition coefficient (Wildman–Crippen LogP) is 2.24. The average molecular weight is 368 g/mol. The molecule has 0 spiro atoms. The van der Waals surface area contributed by atoms with E-state index in [1.54, 1.807) is 19.9 Å². The normalized spacial score (nSPS) is 11.4. The Balaban J connectivity index is 2.74. The van der Waals surface area contributed by atoms with Gasteiger partial charge in [-0.25, -0.2) is 8.42 Å². The predicted molar refractivity (Wildman–Crippen MR) is 100 cm³/mol. The lowest BCUT2D eigenvalue weighted by Gasteiger charge is -2.22. The van der Waals surface area contributed by atoms with Gasteiger partial charge in [-0.1, -0.05) is 39.0 Å². The maximum atomic E-state index is 12.4. The van der Waals surface area contributed by atoms with Gasteiger partial charge in [-0.05, 0) is 30.9 Å². The fourth-order valence-corrected chi connectivity index (χ4v) is 4.18. The summed E-state index contributed by atoms with van der Waals surface area (Å²) in [6.45, 7) is 7.53. The highest BCUT2D eigenvalue weighted by molar-refractivity contribution is 7.92. The molecule has 0 aliphatic heterocycles. The SMILES string of the molecule is CCCN(CC(=O)Nc1ccccc1C)C(=O)CS(=O)(=O)CC(C)C. The smallest absolute Gasteiger partial charge is 0.244 e. The van der Waals surface area contributed by atoms with Gasteiger partial charge in [0.25, 0.3) is 0 Å². The van der Waals surface area contributed by atoms with Crippen molar-refractivity contribution in [2.75, 3.05) is 29.9 Å². The van der Waals surface area contributed by atoms with Crippen molar-refractivity contribution in [3.05, 3.63) is 29.8 Å². The Kier molecular flexibility index (Phi) is 8.09. The number of aryl methyl sites for hydroxylation is 1. The van der Waals surface area contributed by atoms with Crippen LogP contribution in [-0.4, -0.2) is 49.7 Å². The number of anilines is 1. The van der Waals surface area contributed by atoms with Crippen molar-refractivity contribution in [1.29, 1.82) is 0 Å². The van der Waals surface area contributed by atoms with Crippen molar-refractivity contribution in [3.8, 4) is 0 Å². The van der Waals surface area contributed by atoms with Crippen molar-refractivity contribution >= 4 is 27.3 Å². The summed E-state index contributed by atoms with van der Waals surface area (Å²) in [5.74, 6) is -1.49. The highest BCUT2D eigenvalue weighted by atomic mass is 32.2. The number of nitrogens with one attached hydrogen (secondary N) is 1. The Morgan fingerprint density at radius 2 is 1.84 bits per heavy atom. The number of para-hydroxylation sites is 1. The van der Waals surface area contributed by atoms with E-state index in [4.69, 9.17) is 0 Å². The van der Waals surface area contributed by atoms with E-state index in [0.29, 0.717) is 18.7 Å². The highest BCUT2D eigenvalue weighted by Crippen LogP contribution is 2.13. The molecule has 0 aliphatic rings. The summed E-state index contributed by atoms with van der Waals surface area (Å²) in [5, 5.41) is 2.77. The topological polar surface area (TPSA) is 83.6 Å². The summed E-state index contributed by atoms with van der Waals surface area (Å²) >= 11 is 0. The van der Waals surface area contributed by atoms with Gasteiger partial charge in [0.2, 0.25) is 11.8 Å². The average Bonchev–Trinajstić information content (AvgIpc) is 2.47. The number of sulfone groups is 1. The van der Waals surface area contributed by atoms with Gasteiger partial charge in [-0.2, -0.15) is 0 Å². The van der Waals surface area contributed by atoms with Crippen LogP contribution in [0.3, 0.4) is 0 Å². The zero-order valence-electron chi connectivity index (χ0n) is 15.4. The van der Waals surface area contributed by atoms with Crippen LogP contribution in [0.4, 0.5) is 5.69 Å². The monoisotopic (exact) mass is 368 g/mol. The summed E-state index contributed by atoms with van der Waals surface area (Å²) in [6, 6.07) is 7.35. The number of hydrogen-bond donors (Lipinski definition) is 1. The molecule has 1 aromatic rings. The van der Waals surface area contributed by atoms with E-state index >= 15 is 0 Å². The molecule has 0 saturated heterocycles. The zero-order chi connectivity index (χ0) is 19.0. The van der Waals surface area contributed by atoms with Gasteiger partial charge in [0.1, 0.15) is 5.75 Å². The quantitative estimate of drug-likeness (QED) is 0.724. The first kappa shape index (κ1) is 21.2. The molecular weight excluding hydrogens is 340 g/mol. The van der Waals surface area contributed by atoms with E-state index in [1.165, 1.54) is 4.90 Å². The van der Waals surface area contributed by atoms with Gasteiger partial charge in [-0.3, -0.25) is 9.59 Å². The molecule has 1 rings (SSSR count). The summed E-state index contributed by atoms with van der Waals surface area (Å²) in [4.78, 5) is 25.9. The van der Waals surface area contributed by atoms with Crippen molar-refractivity contribution in [3.63, 3.8) is 0 Å². The van der Waals surface area contributed by atoms with Crippen LogP contribution >= 0.6 is 0 Å². The number of rotatable bonds is 9. The van der Waals surface area contributed by atoms with E-state index < -0.39 is 21.5 Å². The molecule has 0 radical (unpaired) electrons. The third-order valence-electron chi connectivity index (χ3n) is 3.53. The molecule has 25 heavy (non-hydrogen) atoms. The molecule has 0 saturated carbocycles. The molecule has 6 nitrogen and oxygen atoms in total. The summed E-state index contributed by atoms with van der Waals surface area (Å²) < 4.78 is 24.1. The first-order valence-corrected chi connectivity index (χ1v) is 10.3. The molecule has 1 N–H and O–H groups in total. The molecule has 0 aromatic heterocycles. The Hall–Kier alpha value is -1.89. The molecule has 0 heterocycles. The van der Waals surface area contributed by atoms with Crippen LogP contribution in [-0.2, 0) is 19.4 Å². The Bertz CT molecular complexity index is 699. The maximum absolute atomic E-state index is 12.4. The summed E-state index contributed by atoms with van der Waals surface area (Å²) in [7, 11) is -3.47. The molecule has 0 bridgehead atoms. The second-order valence-corrected chi connectivity index (χ2v) is 8.74. The van der Waals surface area contributed by atoms with Crippen LogP contribution in [0.5, 0.6) is 0 Å². The Morgan fingerprint density at radius 1 is 1.20 bits per heavy atom. The Labute approximate surface area is 150 Å². The minimum Gasteiger partial charge on any atom is -0.333 e. The zero-order valence-corrected chi connectivity index (χ0v) is 16.2. The molecular formula is C18H28N2O4S. The van der Waals surface area contributed by atoms with Gasteiger partial charge in [0.05, 0.1) is 12.3 Å². The largest absolute Gasteiger partial charge is 0.333 e. The van der Waals surface area contributed by atoms with Gasteiger partial charge in [0.15, 0.2) is 9.84 Å². The van der Waals surface area contributed by atoms with Crippen molar-refractivity contribution in [2.45, 2.75) is 34.1 Å². The van der Waals surface area contributed by atoms with E-state index in [2.05, 4.69) is 5.32 Å². The highest BCUT2D eigenvalue weighted by Gasteiger charge is 2.24. The molecule has 2 amide bonds. The third kappa shape index (κ3) is 7.69. The van der Waals surface area contributed by atoms with Gasteiger partial charge < -0.3 is 10.2 Å².